The van der Waals surface area contributed by atoms with Gasteiger partial charge in [0.15, 0.2) is 0 Å². The fourth-order valence-electron chi connectivity index (χ4n) is 4.64. The van der Waals surface area contributed by atoms with Gasteiger partial charge < -0.3 is 0 Å². The van der Waals surface area contributed by atoms with Gasteiger partial charge in [0.25, 0.3) is 0 Å². The van der Waals surface area contributed by atoms with E-state index in [1.807, 2.05) is 0 Å². The third kappa shape index (κ3) is 13.7. The van der Waals surface area contributed by atoms with Gasteiger partial charge in [-0.3, -0.25) is 0 Å². The Bertz CT molecular complexity index is 1210. The van der Waals surface area contributed by atoms with Crippen LogP contribution in [-0.2, 0) is 36.2 Å². The molecule has 0 atom stereocenters. The molecule has 39 heavy (non-hydrogen) atoms. The molecule has 0 nitrogen and oxygen atoms in total. The van der Waals surface area contributed by atoms with Crippen LogP contribution in [0.1, 0.15) is 63.3 Å². The van der Waals surface area contributed by atoms with E-state index in [1.54, 1.807) is 0 Å². The topological polar surface area (TPSA) is 0 Å². The SMILES string of the molecule is C[C-]1C=CC=CC1.Cc1cc2cc(CC(C)C)ccc2[cH-]1.Cc1cc2cc(CC(C)C)ccc2[cH-]1.Cl.Cl.[Si]=[Zr]. The predicted octanol–water partition coefficient (Wildman–Crippen LogP) is 10.7. The molecule has 0 spiro atoms. The van der Waals surface area contributed by atoms with E-state index in [1.165, 1.54) is 85.9 Å². The molecule has 4 heteroatoms. The van der Waals surface area contributed by atoms with Gasteiger partial charge in [0.1, 0.15) is 0 Å². The molecule has 5 rings (SSSR count). The first kappa shape index (κ1) is 37.7. The van der Waals surface area contributed by atoms with Crippen LogP contribution in [-0.4, -0.2) is 6.88 Å². The minimum atomic E-state index is 0. The molecule has 0 aromatic heterocycles. The van der Waals surface area contributed by atoms with Crippen LogP contribution in [0.15, 0.2) is 85.0 Å². The molecule has 4 aromatic rings. The molecular formula is C35H45Cl2SiZr-3. The predicted molar refractivity (Wildman–Crippen MR) is 178 cm³/mol. The first-order valence-corrected chi connectivity index (χ1v) is 17.6. The van der Waals surface area contributed by atoms with Gasteiger partial charge in [-0.2, -0.15) is 12.1 Å². The summed E-state index contributed by atoms with van der Waals surface area (Å²) in [6.45, 7) is 18.6. The molecule has 0 aliphatic heterocycles. The zero-order valence-electron chi connectivity index (χ0n) is 24.7. The maximum absolute atomic E-state index is 3.06. The van der Waals surface area contributed by atoms with Crippen molar-refractivity contribution in [3.05, 3.63) is 113 Å². The fraction of sp³-hybridized carbons (Fsp3) is 0.343. The van der Waals surface area contributed by atoms with E-state index in [0.29, 0.717) is 0 Å². The van der Waals surface area contributed by atoms with Crippen LogP contribution in [0.25, 0.3) is 21.5 Å². The third-order valence-corrected chi connectivity index (χ3v) is 6.19. The van der Waals surface area contributed by atoms with E-state index in [-0.39, 0.29) is 24.8 Å². The van der Waals surface area contributed by atoms with Crippen molar-refractivity contribution in [3.63, 3.8) is 0 Å². The van der Waals surface area contributed by atoms with Crippen molar-refractivity contribution in [3.8, 4) is 0 Å². The van der Waals surface area contributed by atoms with E-state index in [9.17, 15) is 0 Å². The Hall–Kier alpha value is -1.31. The van der Waals surface area contributed by atoms with E-state index in [0.717, 1.165) is 18.3 Å². The molecule has 210 valence electrons. The molecule has 0 saturated heterocycles. The van der Waals surface area contributed by atoms with Gasteiger partial charge in [0, 0.05) is 0 Å². The van der Waals surface area contributed by atoms with Crippen molar-refractivity contribution in [2.45, 2.75) is 67.7 Å². The molecule has 0 fully saturated rings. The Kier molecular flexibility index (Phi) is 19.1. The summed E-state index contributed by atoms with van der Waals surface area (Å²) >= 11 is 1.36. The van der Waals surface area contributed by atoms with Crippen molar-refractivity contribution < 1.29 is 23.3 Å². The number of fused-ring (bicyclic) bond motifs is 2. The van der Waals surface area contributed by atoms with Gasteiger partial charge in [0.2, 0.25) is 0 Å². The van der Waals surface area contributed by atoms with Gasteiger partial charge >= 0.3 is 30.2 Å². The van der Waals surface area contributed by atoms with Crippen LogP contribution < -0.4 is 0 Å². The summed E-state index contributed by atoms with van der Waals surface area (Å²) in [5.74, 6) is 2.93. The molecule has 0 saturated carbocycles. The minimum absolute atomic E-state index is 0. The van der Waals surface area contributed by atoms with E-state index >= 15 is 0 Å². The molecule has 0 bridgehead atoms. The standard InChI is InChI=1S/2C14H17.C7H9.2ClH.Si.Zr/c2*1-10(2)6-12-4-5-13-7-11(3)8-14(13)9-12;1-7-5-3-2-4-6-7;;;;/h2*4-5,7-10H,6H2,1-3H3;2-5H,6H2,1H3;2*1H;;/q3*-1;;;;. The Morgan fingerprint density at radius 2 is 1.18 bits per heavy atom. The Morgan fingerprint density at radius 3 is 1.49 bits per heavy atom. The molecule has 0 N–H and O–H groups in total. The number of halogens is 2. The van der Waals surface area contributed by atoms with E-state index in [2.05, 4.69) is 140 Å². The summed E-state index contributed by atoms with van der Waals surface area (Å²) in [6, 6.07) is 22.6. The number of hydrogen-bond acceptors (Lipinski definition) is 0. The molecule has 1 aliphatic rings. The fourth-order valence-corrected chi connectivity index (χ4v) is 4.64. The van der Waals surface area contributed by atoms with Crippen LogP contribution in [0.2, 0.25) is 0 Å². The van der Waals surface area contributed by atoms with Crippen molar-refractivity contribution in [1.82, 2.24) is 0 Å². The van der Waals surface area contributed by atoms with Crippen molar-refractivity contribution >= 4 is 53.2 Å². The van der Waals surface area contributed by atoms with E-state index in [4.69, 9.17) is 0 Å². The monoisotopic (exact) mass is 653 g/mol. The number of aryl methyl sites for hydroxylation is 2. The zero-order valence-corrected chi connectivity index (χ0v) is 29.8. The molecule has 2 radical (unpaired) electrons. The average molecular weight is 656 g/mol. The summed E-state index contributed by atoms with van der Waals surface area (Å²) in [5.41, 5.74) is 5.64. The van der Waals surface area contributed by atoms with Gasteiger partial charge in [-0.1, -0.05) is 59.1 Å². The second kappa shape index (κ2) is 19.7. The molecule has 4 aromatic carbocycles. The third-order valence-electron chi connectivity index (χ3n) is 6.19. The Labute approximate surface area is 267 Å². The Morgan fingerprint density at radius 1 is 0.744 bits per heavy atom. The van der Waals surface area contributed by atoms with Crippen LogP contribution in [0.5, 0.6) is 0 Å². The second-order valence-corrected chi connectivity index (χ2v) is 11.0. The summed E-state index contributed by atoms with van der Waals surface area (Å²) in [4.78, 5) is 0. The van der Waals surface area contributed by atoms with Crippen LogP contribution in [0.4, 0.5) is 0 Å². The number of benzene rings is 2. The van der Waals surface area contributed by atoms with Crippen molar-refractivity contribution in [1.29, 1.82) is 0 Å². The second-order valence-electron chi connectivity index (χ2n) is 11.0. The number of hydrogen-bond donors (Lipinski definition) is 0. The Balaban J connectivity index is 0.000000549. The van der Waals surface area contributed by atoms with Crippen LogP contribution in [0, 0.1) is 31.6 Å². The quantitative estimate of drug-likeness (QED) is 0.152. The van der Waals surface area contributed by atoms with Gasteiger partial charge in [-0.05, 0) is 24.7 Å². The van der Waals surface area contributed by atoms with Crippen molar-refractivity contribution in [2.75, 3.05) is 0 Å². The molecule has 0 unspecified atom stereocenters. The maximum atomic E-state index is 3.06. The van der Waals surface area contributed by atoms with Gasteiger partial charge in [-0.25, -0.2) is 18.1 Å². The molecule has 1 aliphatic carbocycles. The first-order valence-electron chi connectivity index (χ1n) is 13.4. The van der Waals surface area contributed by atoms with Crippen LogP contribution >= 0.6 is 24.8 Å². The average Bonchev–Trinajstić information content (AvgIpc) is 3.40. The molecular weight excluding hydrogens is 611 g/mol. The summed E-state index contributed by atoms with van der Waals surface area (Å²) in [7, 11) is 0. The molecule has 0 amide bonds. The molecule has 0 heterocycles. The number of rotatable bonds is 4. The van der Waals surface area contributed by atoms with Crippen LogP contribution in [0.3, 0.4) is 0 Å². The van der Waals surface area contributed by atoms with Crippen molar-refractivity contribution in [2.24, 2.45) is 11.8 Å². The zero-order chi connectivity index (χ0) is 27.4. The van der Waals surface area contributed by atoms with E-state index < -0.39 is 0 Å². The van der Waals surface area contributed by atoms with Gasteiger partial charge in [-0.15, -0.1) is 125 Å². The number of allylic oxidation sites excluding steroid dienone is 4. The normalized spacial score (nSPS) is 11.5. The first-order chi connectivity index (χ1) is 17.7. The van der Waals surface area contributed by atoms with Gasteiger partial charge in [0.05, 0.1) is 0 Å². The summed E-state index contributed by atoms with van der Waals surface area (Å²) in [6.07, 6.45) is 11.9. The summed E-state index contributed by atoms with van der Waals surface area (Å²) in [5, 5.41) is 5.52. The summed E-state index contributed by atoms with van der Waals surface area (Å²) < 4.78 is 0.